The van der Waals surface area contributed by atoms with Gasteiger partial charge in [-0.25, -0.2) is 0 Å². The van der Waals surface area contributed by atoms with Crippen LogP contribution in [0, 0.1) is 12.8 Å². The molecule has 1 aliphatic heterocycles. The third-order valence-corrected chi connectivity index (χ3v) is 4.99. The van der Waals surface area contributed by atoms with E-state index < -0.39 is 0 Å². The molecule has 1 amide bonds. The summed E-state index contributed by atoms with van der Waals surface area (Å²) in [5.74, 6) is 0.522. The first-order valence-electron chi connectivity index (χ1n) is 7.56. The Morgan fingerprint density at radius 1 is 1.48 bits per heavy atom. The lowest BCUT2D eigenvalue weighted by Crippen LogP contribution is -2.46. The van der Waals surface area contributed by atoms with Gasteiger partial charge >= 0.3 is 0 Å². The first-order chi connectivity index (χ1) is 9.47. The summed E-state index contributed by atoms with van der Waals surface area (Å²) in [5, 5.41) is 3.42. The van der Waals surface area contributed by atoms with E-state index in [9.17, 15) is 4.79 Å². The summed E-state index contributed by atoms with van der Waals surface area (Å²) in [4.78, 5) is 17.4. The molecule has 0 bridgehead atoms. The maximum absolute atomic E-state index is 12.8. The quantitative estimate of drug-likeness (QED) is 0.914. The number of carbonyl (C=O) groups excluding carboxylic acids is 1. The minimum atomic E-state index is 0. The van der Waals surface area contributed by atoms with Crippen molar-refractivity contribution in [1.29, 1.82) is 0 Å². The number of nitrogens with zero attached hydrogens (tertiary/aromatic N) is 1. The van der Waals surface area contributed by atoms with Crippen LogP contribution in [0.5, 0.6) is 0 Å². The number of hydrogen-bond donors (Lipinski definition) is 1. The van der Waals surface area contributed by atoms with Crippen LogP contribution in [-0.4, -0.2) is 29.4 Å². The van der Waals surface area contributed by atoms with Gasteiger partial charge in [0, 0.05) is 27.8 Å². The zero-order valence-corrected chi connectivity index (χ0v) is 15.0. The number of thiophene rings is 1. The predicted octanol–water partition coefficient (Wildman–Crippen LogP) is 3.60. The topological polar surface area (TPSA) is 32.3 Å². The average molecular weight is 331 g/mol. The zero-order chi connectivity index (χ0) is 14.7. The molecule has 120 valence electrons. The standard InChI is InChI=1S/C16H26N2OS.ClH/c1-11(2)18(10-15-6-5-13(4)20-15)16(19)14-7-8-17-12(3)9-14;/h5-6,11-12,14,17H,7-10H2,1-4H3;1H/t12-,14-;/m0./s1. The predicted molar refractivity (Wildman–Crippen MR) is 92.2 cm³/mol. The lowest BCUT2D eigenvalue weighted by Gasteiger charge is -2.34. The van der Waals surface area contributed by atoms with Crippen LogP contribution in [0.1, 0.15) is 43.4 Å². The van der Waals surface area contributed by atoms with Crippen LogP contribution in [0.25, 0.3) is 0 Å². The molecular weight excluding hydrogens is 304 g/mol. The van der Waals surface area contributed by atoms with E-state index in [1.165, 1.54) is 9.75 Å². The Kier molecular flexibility index (Phi) is 7.17. The van der Waals surface area contributed by atoms with Gasteiger partial charge in [-0.3, -0.25) is 4.79 Å². The molecule has 2 heterocycles. The van der Waals surface area contributed by atoms with Gasteiger partial charge in [0.05, 0.1) is 6.54 Å². The van der Waals surface area contributed by atoms with Gasteiger partial charge in [0.1, 0.15) is 0 Å². The summed E-state index contributed by atoms with van der Waals surface area (Å²) >= 11 is 1.79. The van der Waals surface area contributed by atoms with Crippen molar-refractivity contribution in [2.75, 3.05) is 6.54 Å². The number of halogens is 1. The van der Waals surface area contributed by atoms with Crippen molar-refractivity contribution in [3.05, 3.63) is 21.9 Å². The molecule has 5 heteroatoms. The first kappa shape index (κ1) is 18.5. The molecule has 1 fully saturated rings. The van der Waals surface area contributed by atoms with Crippen molar-refractivity contribution < 1.29 is 4.79 Å². The number of nitrogens with one attached hydrogen (secondary N) is 1. The molecule has 1 aromatic rings. The van der Waals surface area contributed by atoms with Gasteiger partial charge in [-0.2, -0.15) is 0 Å². The normalized spacial score (nSPS) is 22.0. The van der Waals surface area contributed by atoms with Crippen LogP contribution in [0.2, 0.25) is 0 Å². The van der Waals surface area contributed by atoms with E-state index in [-0.39, 0.29) is 24.4 Å². The second-order valence-corrected chi connectivity index (χ2v) is 7.52. The molecule has 0 aliphatic carbocycles. The molecule has 0 spiro atoms. The molecule has 1 saturated heterocycles. The number of hydrogen-bond acceptors (Lipinski definition) is 3. The van der Waals surface area contributed by atoms with Crippen LogP contribution in [0.3, 0.4) is 0 Å². The first-order valence-corrected chi connectivity index (χ1v) is 8.38. The third kappa shape index (κ3) is 4.97. The summed E-state index contributed by atoms with van der Waals surface area (Å²) in [5.41, 5.74) is 0. The molecule has 21 heavy (non-hydrogen) atoms. The number of carbonyl (C=O) groups is 1. The van der Waals surface area contributed by atoms with E-state index in [2.05, 4.69) is 45.1 Å². The Labute approximate surface area is 138 Å². The van der Waals surface area contributed by atoms with Crippen molar-refractivity contribution in [2.45, 2.75) is 59.2 Å². The highest BCUT2D eigenvalue weighted by Gasteiger charge is 2.29. The third-order valence-electron chi connectivity index (χ3n) is 4.00. The van der Waals surface area contributed by atoms with Gasteiger partial charge in [-0.05, 0) is 59.2 Å². The second kappa shape index (κ2) is 8.16. The van der Waals surface area contributed by atoms with Crippen molar-refractivity contribution in [3.63, 3.8) is 0 Å². The largest absolute Gasteiger partial charge is 0.335 e. The van der Waals surface area contributed by atoms with Gasteiger partial charge in [0.25, 0.3) is 0 Å². The van der Waals surface area contributed by atoms with Crippen LogP contribution < -0.4 is 5.32 Å². The highest BCUT2D eigenvalue weighted by Crippen LogP contribution is 2.23. The van der Waals surface area contributed by atoms with Gasteiger partial charge in [0.15, 0.2) is 0 Å². The monoisotopic (exact) mass is 330 g/mol. The summed E-state index contributed by atoms with van der Waals surface area (Å²) in [6, 6.07) is 4.99. The van der Waals surface area contributed by atoms with E-state index in [1.54, 1.807) is 11.3 Å². The van der Waals surface area contributed by atoms with Crippen LogP contribution >= 0.6 is 23.7 Å². The maximum atomic E-state index is 12.8. The molecule has 1 aromatic heterocycles. The smallest absolute Gasteiger partial charge is 0.226 e. The second-order valence-electron chi connectivity index (χ2n) is 6.15. The Balaban J connectivity index is 0.00000220. The summed E-state index contributed by atoms with van der Waals surface area (Å²) < 4.78 is 0. The highest BCUT2D eigenvalue weighted by atomic mass is 35.5. The Hall–Kier alpha value is -0.580. The average Bonchev–Trinajstić information content (AvgIpc) is 2.80. The van der Waals surface area contributed by atoms with Gasteiger partial charge in [-0.15, -0.1) is 23.7 Å². The number of aryl methyl sites for hydroxylation is 1. The van der Waals surface area contributed by atoms with E-state index in [4.69, 9.17) is 0 Å². The van der Waals surface area contributed by atoms with Crippen LogP contribution in [0.15, 0.2) is 12.1 Å². The van der Waals surface area contributed by atoms with Crippen molar-refractivity contribution in [1.82, 2.24) is 10.2 Å². The number of amides is 1. The molecule has 0 unspecified atom stereocenters. The number of piperidine rings is 1. The number of rotatable bonds is 4. The van der Waals surface area contributed by atoms with E-state index in [0.717, 1.165) is 25.9 Å². The minimum Gasteiger partial charge on any atom is -0.335 e. The van der Waals surface area contributed by atoms with Crippen LogP contribution in [0.4, 0.5) is 0 Å². The fourth-order valence-electron chi connectivity index (χ4n) is 2.84. The molecule has 2 atom stereocenters. The van der Waals surface area contributed by atoms with Gasteiger partial charge in [-0.1, -0.05) is 0 Å². The van der Waals surface area contributed by atoms with Gasteiger partial charge in [0.2, 0.25) is 5.91 Å². The fraction of sp³-hybridized carbons (Fsp3) is 0.688. The van der Waals surface area contributed by atoms with E-state index >= 15 is 0 Å². The zero-order valence-electron chi connectivity index (χ0n) is 13.4. The Morgan fingerprint density at radius 2 is 2.19 bits per heavy atom. The summed E-state index contributed by atoms with van der Waals surface area (Å²) in [7, 11) is 0. The minimum absolute atomic E-state index is 0. The lowest BCUT2D eigenvalue weighted by molar-refractivity contribution is -0.139. The maximum Gasteiger partial charge on any atom is 0.226 e. The molecule has 1 aliphatic rings. The van der Waals surface area contributed by atoms with E-state index in [1.807, 2.05) is 4.90 Å². The Bertz CT molecular complexity index is 461. The molecule has 0 radical (unpaired) electrons. The highest BCUT2D eigenvalue weighted by molar-refractivity contribution is 7.11. The van der Waals surface area contributed by atoms with Crippen molar-refractivity contribution in [3.8, 4) is 0 Å². The summed E-state index contributed by atoms with van der Waals surface area (Å²) in [6.45, 7) is 10.2. The van der Waals surface area contributed by atoms with E-state index in [0.29, 0.717) is 11.9 Å². The molecule has 3 nitrogen and oxygen atoms in total. The molecular formula is C16H27ClN2OS. The molecule has 1 N–H and O–H groups in total. The lowest BCUT2D eigenvalue weighted by atomic mass is 9.91. The van der Waals surface area contributed by atoms with Crippen molar-refractivity contribution >= 4 is 29.7 Å². The molecule has 0 saturated carbocycles. The molecule has 2 rings (SSSR count). The summed E-state index contributed by atoms with van der Waals surface area (Å²) in [6.07, 6.45) is 1.93. The van der Waals surface area contributed by atoms with Crippen molar-refractivity contribution in [2.24, 2.45) is 5.92 Å². The van der Waals surface area contributed by atoms with Gasteiger partial charge < -0.3 is 10.2 Å². The SMILES string of the molecule is Cc1ccc(CN(C(=O)[C@H]2CCN[C@@H](C)C2)C(C)C)s1.Cl. The Morgan fingerprint density at radius 3 is 2.71 bits per heavy atom. The molecule has 0 aromatic carbocycles. The fourth-order valence-corrected chi connectivity index (χ4v) is 3.73. The van der Waals surface area contributed by atoms with Crippen LogP contribution in [-0.2, 0) is 11.3 Å².